The van der Waals surface area contributed by atoms with E-state index < -0.39 is 0 Å². The van der Waals surface area contributed by atoms with Crippen LogP contribution in [0.1, 0.15) is 17.4 Å². The molecular weight excluding hydrogens is 222 g/mol. The minimum absolute atomic E-state index is 0.0369. The lowest BCUT2D eigenvalue weighted by atomic mass is 10.1. The van der Waals surface area contributed by atoms with Gasteiger partial charge in [0.2, 0.25) is 0 Å². The second-order valence-corrected chi connectivity index (χ2v) is 5.28. The Balaban J connectivity index is 1.92. The summed E-state index contributed by atoms with van der Waals surface area (Å²) < 4.78 is 4.74. The zero-order chi connectivity index (χ0) is 11.5. The summed E-state index contributed by atoms with van der Waals surface area (Å²) in [6.45, 7) is 4.74. The van der Waals surface area contributed by atoms with Gasteiger partial charge < -0.3 is 4.74 Å². The SMILES string of the molecule is COC(=O)C(C)CN1CCc2sccc2C1. The number of hydrogen-bond donors (Lipinski definition) is 0. The number of methoxy groups -OCH3 is 1. The third kappa shape index (κ3) is 2.44. The van der Waals surface area contributed by atoms with E-state index in [0.717, 1.165) is 26.1 Å². The molecule has 0 radical (unpaired) electrons. The van der Waals surface area contributed by atoms with Crippen LogP contribution in [-0.2, 0) is 22.5 Å². The van der Waals surface area contributed by atoms with Crippen molar-refractivity contribution in [1.29, 1.82) is 0 Å². The van der Waals surface area contributed by atoms with Crippen LogP contribution in [-0.4, -0.2) is 31.1 Å². The highest BCUT2D eigenvalue weighted by Gasteiger charge is 2.21. The molecule has 3 nitrogen and oxygen atoms in total. The largest absolute Gasteiger partial charge is 0.469 e. The minimum atomic E-state index is -0.115. The van der Waals surface area contributed by atoms with Crippen molar-refractivity contribution < 1.29 is 9.53 Å². The van der Waals surface area contributed by atoms with E-state index in [2.05, 4.69) is 16.3 Å². The molecule has 4 heteroatoms. The molecule has 0 aromatic carbocycles. The molecule has 0 bridgehead atoms. The number of rotatable bonds is 3. The Morgan fingerprint density at radius 1 is 1.69 bits per heavy atom. The maximum absolute atomic E-state index is 11.3. The van der Waals surface area contributed by atoms with Crippen LogP contribution in [0.4, 0.5) is 0 Å². The summed E-state index contributed by atoms with van der Waals surface area (Å²) in [6.07, 6.45) is 1.11. The number of carbonyl (C=O) groups excluding carboxylic acids is 1. The first-order valence-corrected chi connectivity index (χ1v) is 6.44. The molecule has 2 heterocycles. The van der Waals surface area contributed by atoms with Crippen LogP contribution in [0.15, 0.2) is 11.4 Å². The van der Waals surface area contributed by atoms with Crippen LogP contribution in [0.5, 0.6) is 0 Å². The van der Waals surface area contributed by atoms with Crippen molar-refractivity contribution >= 4 is 17.3 Å². The monoisotopic (exact) mass is 239 g/mol. The lowest BCUT2D eigenvalue weighted by Gasteiger charge is -2.28. The van der Waals surface area contributed by atoms with Crippen LogP contribution >= 0.6 is 11.3 Å². The molecule has 1 aliphatic heterocycles. The van der Waals surface area contributed by atoms with Gasteiger partial charge in [-0.25, -0.2) is 0 Å². The van der Waals surface area contributed by atoms with E-state index in [9.17, 15) is 4.79 Å². The van der Waals surface area contributed by atoms with E-state index in [0.29, 0.717) is 0 Å². The van der Waals surface area contributed by atoms with Gasteiger partial charge in [0.1, 0.15) is 0 Å². The van der Waals surface area contributed by atoms with Crippen molar-refractivity contribution in [3.05, 3.63) is 21.9 Å². The zero-order valence-electron chi connectivity index (χ0n) is 9.73. The predicted molar refractivity (Wildman–Crippen MR) is 64.5 cm³/mol. The normalized spacial score (nSPS) is 17.9. The van der Waals surface area contributed by atoms with Gasteiger partial charge in [0.25, 0.3) is 0 Å². The van der Waals surface area contributed by atoms with Gasteiger partial charge in [0.05, 0.1) is 13.0 Å². The van der Waals surface area contributed by atoms with Crippen LogP contribution in [0.2, 0.25) is 0 Å². The average Bonchev–Trinajstić information content (AvgIpc) is 2.75. The molecule has 16 heavy (non-hydrogen) atoms. The molecule has 1 aliphatic rings. The lowest BCUT2D eigenvalue weighted by Crippen LogP contribution is -2.35. The van der Waals surface area contributed by atoms with E-state index in [1.54, 1.807) is 0 Å². The molecule has 0 amide bonds. The molecule has 0 fully saturated rings. The number of esters is 1. The van der Waals surface area contributed by atoms with Gasteiger partial charge in [0.15, 0.2) is 0 Å². The van der Waals surface area contributed by atoms with Gasteiger partial charge in [-0.3, -0.25) is 9.69 Å². The topological polar surface area (TPSA) is 29.5 Å². The summed E-state index contributed by atoms with van der Waals surface area (Å²) in [7, 11) is 1.45. The van der Waals surface area contributed by atoms with Crippen LogP contribution in [0.3, 0.4) is 0 Å². The molecule has 1 aromatic heterocycles. The first-order valence-electron chi connectivity index (χ1n) is 5.56. The summed E-state index contributed by atoms with van der Waals surface area (Å²) in [5.74, 6) is -0.152. The summed E-state index contributed by atoms with van der Waals surface area (Å²) >= 11 is 1.84. The Morgan fingerprint density at radius 3 is 3.25 bits per heavy atom. The summed E-state index contributed by atoms with van der Waals surface area (Å²) in [4.78, 5) is 15.2. The second kappa shape index (κ2) is 4.97. The van der Waals surface area contributed by atoms with E-state index in [-0.39, 0.29) is 11.9 Å². The fourth-order valence-electron chi connectivity index (χ4n) is 2.13. The first kappa shape index (κ1) is 11.6. The van der Waals surface area contributed by atoms with Crippen molar-refractivity contribution in [1.82, 2.24) is 4.90 Å². The fourth-order valence-corrected chi connectivity index (χ4v) is 3.02. The second-order valence-electron chi connectivity index (χ2n) is 4.28. The number of nitrogens with zero attached hydrogens (tertiary/aromatic N) is 1. The highest BCUT2D eigenvalue weighted by atomic mass is 32.1. The molecular formula is C12H17NO2S. The molecule has 1 aromatic rings. The van der Waals surface area contributed by atoms with E-state index in [1.165, 1.54) is 17.6 Å². The highest BCUT2D eigenvalue weighted by molar-refractivity contribution is 7.10. The molecule has 2 rings (SSSR count). The summed E-state index contributed by atoms with van der Waals surface area (Å²) in [6, 6.07) is 2.19. The molecule has 0 aliphatic carbocycles. The van der Waals surface area contributed by atoms with Gasteiger partial charge in [-0.1, -0.05) is 6.92 Å². The predicted octanol–water partition coefficient (Wildman–Crippen LogP) is 1.92. The van der Waals surface area contributed by atoms with Crippen molar-refractivity contribution in [2.45, 2.75) is 19.9 Å². The Hall–Kier alpha value is -0.870. The molecule has 88 valence electrons. The fraction of sp³-hybridized carbons (Fsp3) is 0.583. The zero-order valence-corrected chi connectivity index (χ0v) is 10.5. The van der Waals surface area contributed by atoms with Crippen molar-refractivity contribution in [3.8, 4) is 0 Å². The van der Waals surface area contributed by atoms with Crippen molar-refractivity contribution in [3.63, 3.8) is 0 Å². The Morgan fingerprint density at radius 2 is 2.50 bits per heavy atom. The maximum atomic E-state index is 11.3. The number of carbonyl (C=O) groups is 1. The molecule has 0 saturated heterocycles. The van der Waals surface area contributed by atoms with E-state index >= 15 is 0 Å². The van der Waals surface area contributed by atoms with Gasteiger partial charge in [0, 0.05) is 24.5 Å². The Bertz CT molecular complexity index is 375. The van der Waals surface area contributed by atoms with Gasteiger partial charge >= 0.3 is 5.97 Å². The molecule has 0 saturated carbocycles. The van der Waals surface area contributed by atoms with Gasteiger partial charge in [-0.15, -0.1) is 11.3 Å². The maximum Gasteiger partial charge on any atom is 0.309 e. The highest BCUT2D eigenvalue weighted by Crippen LogP contribution is 2.24. The van der Waals surface area contributed by atoms with Crippen LogP contribution < -0.4 is 0 Å². The molecule has 0 spiro atoms. The molecule has 0 N–H and O–H groups in total. The van der Waals surface area contributed by atoms with Crippen molar-refractivity contribution in [2.75, 3.05) is 20.2 Å². The smallest absolute Gasteiger partial charge is 0.309 e. The number of ether oxygens (including phenoxy) is 1. The minimum Gasteiger partial charge on any atom is -0.469 e. The Labute approximate surface area is 100 Å². The van der Waals surface area contributed by atoms with E-state index in [4.69, 9.17) is 4.74 Å². The first-order chi connectivity index (χ1) is 7.70. The standard InChI is InChI=1S/C12H17NO2S/c1-9(12(14)15-2)7-13-5-3-11-10(8-13)4-6-16-11/h4,6,9H,3,5,7-8H2,1-2H3. The Kier molecular flexibility index (Phi) is 3.61. The average molecular weight is 239 g/mol. The van der Waals surface area contributed by atoms with Crippen molar-refractivity contribution in [2.24, 2.45) is 5.92 Å². The molecule has 1 atom stereocenters. The molecule has 1 unspecified atom stereocenters. The lowest BCUT2D eigenvalue weighted by molar-refractivity contribution is -0.145. The summed E-state index contributed by atoms with van der Waals surface area (Å²) in [5, 5.41) is 2.15. The third-order valence-electron chi connectivity index (χ3n) is 3.02. The number of fused-ring (bicyclic) bond motifs is 1. The summed E-state index contributed by atoms with van der Waals surface area (Å²) in [5.41, 5.74) is 1.42. The van der Waals surface area contributed by atoms with E-state index in [1.807, 2.05) is 18.3 Å². The third-order valence-corrected chi connectivity index (χ3v) is 4.05. The number of hydrogen-bond acceptors (Lipinski definition) is 4. The number of thiophene rings is 1. The van der Waals surface area contributed by atoms with Crippen LogP contribution in [0, 0.1) is 5.92 Å². The van der Waals surface area contributed by atoms with Gasteiger partial charge in [-0.2, -0.15) is 0 Å². The van der Waals surface area contributed by atoms with Crippen LogP contribution in [0.25, 0.3) is 0 Å². The van der Waals surface area contributed by atoms with Gasteiger partial charge in [-0.05, 0) is 23.4 Å². The quantitative estimate of drug-likeness (QED) is 0.755.